The summed E-state index contributed by atoms with van der Waals surface area (Å²) in [6.07, 6.45) is 4.02. The predicted octanol–water partition coefficient (Wildman–Crippen LogP) is 2.80. The van der Waals surface area contributed by atoms with Gasteiger partial charge in [0.05, 0.1) is 0 Å². The number of piperidine rings is 1. The number of hydrogen-bond donors (Lipinski definition) is 2. The number of rotatable bonds is 5. The molecule has 1 aliphatic heterocycles. The first-order valence-electron chi connectivity index (χ1n) is 8.69. The van der Waals surface area contributed by atoms with Crippen LogP contribution < -0.4 is 10.6 Å². The minimum Gasteiger partial charge on any atom is -0.338 e. The van der Waals surface area contributed by atoms with Crippen LogP contribution in [0.1, 0.15) is 38.7 Å². The summed E-state index contributed by atoms with van der Waals surface area (Å²) in [6, 6.07) is 3.73. The zero-order chi connectivity index (χ0) is 17.5. The molecule has 0 aromatic carbocycles. The highest BCUT2D eigenvalue weighted by molar-refractivity contribution is 5.90. The first kappa shape index (κ1) is 18.2. The van der Waals surface area contributed by atoms with Crippen LogP contribution in [0.4, 0.5) is 10.6 Å². The summed E-state index contributed by atoms with van der Waals surface area (Å²) in [4.78, 5) is 30.4. The van der Waals surface area contributed by atoms with Gasteiger partial charge in [-0.3, -0.25) is 4.79 Å². The molecular formula is C18H28N4O2. The maximum Gasteiger partial charge on any atom is 0.317 e. The van der Waals surface area contributed by atoms with Gasteiger partial charge in [0.2, 0.25) is 5.91 Å². The number of aromatic nitrogens is 1. The Bertz CT molecular complexity index is 574. The summed E-state index contributed by atoms with van der Waals surface area (Å²) in [5.41, 5.74) is 1.06. The van der Waals surface area contributed by atoms with Crippen LogP contribution in [-0.4, -0.2) is 41.5 Å². The second-order valence-corrected chi connectivity index (χ2v) is 7.00. The highest BCUT2D eigenvalue weighted by atomic mass is 16.2. The van der Waals surface area contributed by atoms with Crippen molar-refractivity contribution in [3.8, 4) is 0 Å². The third-order valence-electron chi connectivity index (χ3n) is 4.12. The molecule has 2 heterocycles. The minimum atomic E-state index is -0.0393. The number of likely N-dealkylation sites (tertiary alicyclic amines) is 1. The van der Waals surface area contributed by atoms with Gasteiger partial charge in [-0.05, 0) is 49.3 Å². The quantitative estimate of drug-likeness (QED) is 0.871. The number of nitrogens with one attached hydrogen (secondary N) is 2. The fraction of sp³-hybridized carbons (Fsp3) is 0.611. The molecule has 0 spiro atoms. The van der Waals surface area contributed by atoms with Gasteiger partial charge in [0.25, 0.3) is 0 Å². The molecule has 2 N–H and O–H groups in total. The van der Waals surface area contributed by atoms with E-state index in [4.69, 9.17) is 0 Å². The zero-order valence-corrected chi connectivity index (χ0v) is 14.8. The number of pyridine rings is 1. The lowest BCUT2D eigenvalue weighted by molar-refractivity contribution is -0.117. The van der Waals surface area contributed by atoms with E-state index in [1.807, 2.05) is 24.0 Å². The first-order valence-corrected chi connectivity index (χ1v) is 8.69. The molecule has 0 saturated carbocycles. The molecule has 24 heavy (non-hydrogen) atoms. The SMILES string of the molecule is Cc1ccnc(NC(=O)CC2CCCN(C(=O)NCC(C)C)C2)c1. The van der Waals surface area contributed by atoms with Crippen LogP contribution in [0.5, 0.6) is 0 Å². The van der Waals surface area contributed by atoms with Crippen molar-refractivity contribution in [2.24, 2.45) is 11.8 Å². The number of amides is 3. The van der Waals surface area contributed by atoms with Gasteiger partial charge < -0.3 is 15.5 Å². The van der Waals surface area contributed by atoms with Gasteiger partial charge in [-0.2, -0.15) is 0 Å². The van der Waals surface area contributed by atoms with Crippen molar-refractivity contribution in [3.05, 3.63) is 23.9 Å². The second kappa shape index (κ2) is 8.66. The molecule has 6 nitrogen and oxygen atoms in total. The monoisotopic (exact) mass is 332 g/mol. The molecule has 0 aliphatic carbocycles. The van der Waals surface area contributed by atoms with Crippen molar-refractivity contribution in [1.29, 1.82) is 0 Å². The summed E-state index contributed by atoms with van der Waals surface area (Å²) in [6.45, 7) is 8.19. The van der Waals surface area contributed by atoms with Crippen LogP contribution in [0.2, 0.25) is 0 Å². The number of urea groups is 1. The highest BCUT2D eigenvalue weighted by Crippen LogP contribution is 2.20. The normalized spacial score (nSPS) is 17.7. The molecule has 3 amide bonds. The summed E-state index contributed by atoms with van der Waals surface area (Å²) >= 11 is 0. The van der Waals surface area contributed by atoms with Gasteiger partial charge in [0, 0.05) is 32.3 Å². The number of aryl methyl sites for hydroxylation is 1. The minimum absolute atomic E-state index is 0.0193. The average molecular weight is 332 g/mol. The maximum absolute atomic E-state index is 12.2. The van der Waals surface area contributed by atoms with Crippen molar-refractivity contribution < 1.29 is 9.59 Å². The molecule has 1 aliphatic rings. The number of hydrogen-bond acceptors (Lipinski definition) is 3. The summed E-state index contributed by atoms with van der Waals surface area (Å²) in [7, 11) is 0. The molecule has 6 heteroatoms. The van der Waals surface area contributed by atoms with E-state index in [1.54, 1.807) is 6.20 Å². The molecular weight excluding hydrogens is 304 g/mol. The van der Waals surface area contributed by atoms with Gasteiger partial charge >= 0.3 is 6.03 Å². The van der Waals surface area contributed by atoms with Crippen LogP contribution in [0.15, 0.2) is 18.3 Å². The van der Waals surface area contributed by atoms with Crippen molar-refractivity contribution in [2.75, 3.05) is 25.0 Å². The number of carbonyl (C=O) groups excluding carboxylic acids is 2. The van der Waals surface area contributed by atoms with E-state index < -0.39 is 0 Å². The third-order valence-corrected chi connectivity index (χ3v) is 4.12. The fourth-order valence-corrected chi connectivity index (χ4v) is 2.88. The molecule has 1 fully saturated rings. The molecule has 1 aromatic heterocycles. The molecule has 1 unspecified atom stereocenters. The van der Waals surface area contributed by atoms with Crippen LogP contribution in [0, 0.1) is 18.8 Å². The Kier molecular flexibility index (Phi) is 6.58. The highest BCUT2D eigenvalue weighted by Gasteiger charge is 2.25. The number of carbonyl (C=O) groups is 2. The molecule has 2 rings (SSSR count). The predicted molar refractivity (Wildman–Crippen MR) is 94.8 cm³/mol. The summed E-state index contributed by atoms with van der Waals surface area (Å²) in [5.74, 6) is 1.18. The largest absolute Gasteiger partial charge is 0.338 e. The lowest BCUT2D eigenvalue weighted by Gasteiger charge is -2.32. The third kappa shape index (κ3) is 5.83. The van der Waals surface area contributed by atoms with Crippen molar-refractivity contribution in [2.45, 2.75) is 40.0 Å². The van der Waals surface area contributed by atoms with Crippen LogP contribution in [-0.2, 0) is 4.79 Å². The van der Waals surface area contributed by atoms with Crippen molar-refractivity contribution in [3.63, 3.8) is 0 Å². The van der Waals surface area contributed by atoms with E-state index in [0.29, 0.717) is 31.2 Å². The summed E-state index contributed by atoms with van der Waals surface area (Å²) < 4.78 is 0. The van der Waals surface area contributed by atoms with E-state index in [1.165, 1.54) is 0 Å². The zero-order valence-electron chi connectivity index (χ0n) is 14.8. The van der Waals surface area contributed by atoms with Gasteiger partial charge in [-0.25, -0.2) is 9.78 Å². The topological polar surface area (TPSA) is 74.3 Å². The maximum atomic E-state index is 12.2. The van der Waals surface area contributed by atoms with Crippen LogP contribution in [0.25, 0.3) is 0 Å². The molecule has 0 bridgehead atoms. The Hall–Kier alpha value is -2.11. The van der Waals surface area contributed by atoms with Gasteiger partial charge in [-0.15, -0.1) is 0 Å². The van der Waals surface area contributed by atoms with Crippen molar-refractivity contribution in [1.82, 2.24) is 15.2 Å². The van der Waals surface area contributed by atoms with E-state index >= 15 is 0 Å². The van der Waals surface area contributed by atoms with E-state index in [0.717, 1.165) is 24.9 Å². The molecule has 132 valence electrons. The van der Waals surface area contributed by atoms with Crippen LogP contribution >= 0.6 is 0 Å². The standard InChI is InChI=1S/C18H28N4O2/c1-13(2)11-20-18(24)22-8-4-5-15(12-22)10-17(23)21-16-9-14(3)6-7-19-16/h6-7,9,13,15H,4-5,8,10-12H2,1-3H3,(H,20,24)(H,19,21,23). The lowest BCUT2D eigenvalue weighted by Crippen LogP contribution is -2.46. The molecule has 1 atom stereocenters. The van der Waals surface area contributed by atoms with E-state index in [-0.39, 0.29) is 17.9 Å². The van der Waals surface area contributed by atoms with Gasteiger partial charge in [0.1, 0.15) is 5.82 Å². The second-order valence-electron chi connectivity index (χ2n) is 7.00. The van der Waals surface area contributed by atoms with Gasteiger partial charge in [-0.1, -0.05) is 13.8 Å². The fourth-order valence-electron chi connectivity index (χ4n) is 2.88. The summed E-state index contributed by atoms with van der Waals surface area (Å²) in [5, 5.41) is 5.79. The Morgan fingerprint density at radius 2 is 2.21 bits per heavy atom. The van der Waals surface area contributed by atoms with E-state index in [9.17, 15) is 9.59 Å². The lowest BCUT2D eigenvalue weighted by atomic mass is 9.94. The molecule has 1 saturated heterocycles. The first-order chi connectivity index (χ1) is 11.4. The van der Waals surface area contributed by atoms with Gasteiger partial charge in [0.15, 0.2) is 0 Å². The number of nitrogens with zero attached hydrogens (tertiary/aromatic N) is 2. The smallest absolute Gasteiger partial charge is 0.317 e. The average Bonchev–Trinajstić information content (AvgIpc) is 2.52. The van der Waals surface area contributed by atoms with Crippen LogP contribution in [0.3, 0.4) is 0 Å². The van der Waals surface area contributed by atoms with Crippen molar-refractivity contribution >= 4 is 17.8 Å². The number of anilines is 1. The Morgan fingerprint density at radius 1 is 1.42 bits per heavy atom. The Morgan fingerprint density at radius 3 is 2.92 bits per heavy atom. The molecule has 0 radical (unpaired) electrons. The Balaban J connectivity index is 1.81. The molecule has 1 aromatic rings. The Labute approximate surface area is 144 Å². The van der Waals surface area contributed by atoms with E-state index in [2.05, 4.69) is 29.5 Å².